The first-order chi connectivity index (χ1) is 6.77. The quantitative estimate of drug-likeness (QED) is 0.627. The van der Waals surface area contributed by atoms with Gasteiger partial charge in [-0.15, -0.1) is 0 Å². The Balaban J connectivity index is 0. The number of carbonyl (C=O) groups excluding carboxylic acids is 1. The minimum absolute atomic E-state index is 0.0866. The number of rotatable bonds is 7. The van der Waals surface area contributed by atoms with Crippen molar-refractivity contribution in [1.82, 2.24) is 5.32 Å². The van der Waals surface area contributed by atoms with Gasteiger partial charge in [0.1, 0.15) is 0 Å². The fourth-order valence-electron chi connectivity index (χ4n) is 1.17. The number of amides is 1. The molecule has 1 N–H and O–H groups in total. The zero-order valence-electron chi connectivity index (χ0n) is 10.4. The molecule has 1 amide bonds. The molecular weight excluding hydrogens is 174 g/mol. The van der Waals surface area contributed by atoms with Gasteiger partial charge in [0, 0.05) is 13.5 Å². The second kappa shape index (κ2) is 15.0. The molecule has 0 spiro atoms. The molecule has 0 fully saturated rings. The molecule has 14 heavy (non-hydrogen) atoms. The Morgan fingerprint density at radius 3 is 2.00 bits per heavy atom. The van der Waals surface area contributed by atoms with E-state index in [9.17, 15) is 4.79 Å². The summed E-state index contributed by atoms with van der Waals surface area (Å²) in [6, 6.07) is 0. The van der Waals surface area contributed by atoms with Crippen molar-refractivity contribution in [2.24, 2.45) is 0 Å². The lowest BCUT2D eigenvalue weighted by atomic mass is 10.1. The third-order valence-corrected chi connectivity index (χ3v) is 1.90. The van der Waals surface area contributed by atoms with E-state index < -0.39 is 0 Å². The smallest absolute Gasteiger partial charge is 0.216 e. The maximum atomic E-state index is 10.5. The molecule has 0 heterocycles. The topological polar surface area (TPSA) is 29.1 Å². The van der Waals surface area contributed by atoms with Crippen molar-refractivity contribution in [3.63, 3.8) is 0 Å². The molecule has 0 unspecified atom stereocenters. The second-order valence-electron chi connectivity index (χ2n) is 3.25. The third kappa shape index (κ3) is 17.5. The summed E-state index contributed by atoms with van der Waals surface area (Å²) in [6.45, 7) is 8.63. The Morgan fingerprint density at radius 1 is 1.00 bits per heavy atom. The fraction of sp³-hybridized carbons (Fsp3) is 0.917. The van der Waals surface area contributed by atoms with Crippen LogP contribution >= 0.6 is 0 Å². The number of hydrogen-bond donors (Lipinski definition) is 1. The molecule has 0 aromatic rings. The van der Waals surface area contributed by atoms with Crippen molar-refractivity contribution >= 4 is 5.91 Å². The predicted molar refractivity (Wildman–Crippen MR) is 63.4 cm³/mol. The summed E-state index contributed by atoms with van der Waals surface area (Å²) < 4.78 is 0. The molecule has 0 rings (SSSR count). The highest BCUT2D eigenvalue weighted by atomic mass is 16.1. The van der Waals surface area contributed by atoms with Gasteiger partial charge in [0.25, 0.3) is 0 Å². The molecule has 0 saturated carbocycles. The van der Waals surface area contributed by atoms with Gasteiger partial charge in [-0.1, -0.05) is 52.9 Å². The number of carbonyl (C=O) groups is 1. The van der Waals surface area contributed by atoms with Crippen LogP contribution in [0, 0.1) is 0 Å². The maximum absolute atomic E-state index is 10.5. The lowest BCUT2D eigenvalue weighted by Gasteiger charge is -2.01. The zero-order valence-corrected chi connectivity index (χ0v) is 10.4. The zero-order chi connectivity index (χ0) is 11.2. The number of unbranched alkanes of at least 4 members (excludes halogenated alkanes) is 5. The Kier molecular flexibility index (Phi) is 17.0. The standard InChI is InChI=1S/C10H21NO.C2H6/c1-3-4-5-6-7-8-9-11-10(2)12;1-2/h3-9H2,1-2H3,(H,11,12);1-2H3. The van der Waals surface area contributed by atoms with Crippen molar-refractivity contribution < 1.29 is 4.79 Å². The maximum Gasteiger partial charge on any atom is 0.216 e. The summed E-state index contributed by atoms with van der Waals surface area (Å²) >= 11 is 0. The minimum atomic E-state index is 0.0866. The summed E-state index contributed by atoms with van der Waals surface area (Å²) in [5, 5.41) is 2.80. The molecular formula is C12H27NO. The summed E-state index contributed by atoms with van der Waals surface area (Å²) in [4.78, 5) is 10.5. The minimum Gasteiger partial charge on any atom is -0.356 e. The molecule has 0 aromatic heterocycles. The molecule has 0 saturated heterocycles. The van der Waals surface area contributed by atoms with Crippen LogP contribution < -0.4 is 5.32 Å². The van der Waals surface area contributed by atoms with Crippen LogP contribution in [-0.2, 0) is 4.79 Å². The lowest BCUT2D eigenvalue weighted by molar-refractivity contribution is -0.118. The van der Waals surface area contributed by atoms with Gasteiger partial charge in [0.15, 0.2) is 0 Å². The van der Waals surface area contributed by atoms with Crippen molar-refractivity contribution in [2.75, 3.05) is 6.54 Å². The summed E-state index contributed by atoms with van der Waals surface area (Å²) in [6.07, 6.45) is 7.68. The lowest BCUT2D eigenvalue weighted by Crippen LogP contribution is -2.20. The average Bonchev–Trinajstić information content (AvgIpc) is 2.19. The van der Waals surface area contributed by atoms with E-state index in [4.69, 9.17) is 0 Å². The summed E-state index contributed by atoms with van der Waals surface area (Å²) in [5.41, 5.74) is 0. The molecule has 0 aromatic carbocycles. The Hall–Kier alpha value is -0.530. The van der Waals surface area contributed by atoms with Crippen LogP contribution in [0.1, 0.15) is 66.2 Å². The molecule has 0 atom stereocenters. The van der Waals surface area contributed by atoms with Gasteiger partial charge < -0.3 is 5.32 Å². The Bertz CT molecular complexity index is 113. The first kappa shape index (κ1) is 15.9. The van der Waals surface area contributed by atoms with Gasteiger partial charge in [0.2, 0.25) is 5.91 Å². The summed E-state index contributed by atoms with van der Waals surface area (Å²) in [7, 11) is 0. The van der Waals surface area contributed by atoms with E-state index in [2.05, 4.69) is 12.2 Å². The van der Waals surface area contributed by atoms with Gasteiger partial charge in [-0.3, -0.25) is 4.79 Å². The SMILES string of the molecule is CC.CCCCCCCCNC(C)=O. The fourth-order valence-corrected chi connectivity index (χ4v) is 1.17. The van der Waals surface area contributed by atoms with Crippen molar-refractivity contribution in [2.45, 2.75) is 66.2 Å². The van der Waals surface area contributed by atoms with Crippen LogP contribution in [0.2, 0.25) is 0 Å². The van der Waals surface area contributed by atoms with E-state index >= 15 is 0 Å². The van der Waals surface area contributed by atoms with Gasteiger partial charge >= 0.3 is 0 Å². The Labute approximate surface area is 89.5 Å². The molecule has 0 aliphatic heterocycles. The van der Waals surface area contributed by atoms with Crippen LogP contribution in [0.15, 0.2) is 0 Å². The Morgan fingerprint density at radius 2 is 1.50 bits per heavy atom. The summed E-state index contributed by atoms with van der Waals surface area (Å²) in [5.74, 6) is 0.0866. The van der Waals surface area contributed by atoms with Gasteiger partial charge in [0.05, 0.1) is 0 Å². The molecule has 0 aliphatic carbocycles. The van der Waals surface area contributed by atoms with Crippen LogP contribution in [0.5, 0.6) is 0 Å². The number of nitrogens with one attached hydrogen (secondary N) is 1. The van der Waals surface area contributed by atoms with Crippen LogP contribution in [0.25, 0.3) is 0 Å². The first-order valence-corrected chi connectivity index (χ1v) is 6.01. The predicted octanol–water partition coefficient (Wildman–Crippen LogP) is 3.51. The van der Waals surface area contributed by atoms with Crippen LogP contribution in [-0.4, -0.2) is 12.5 Å². The van der Waals surface area contributed by atoms with Crippen molar-refractivity contribution in [1.29, 1.82) is 0 Å². The highest BCUT2D eigenvalue weighted by molar-refractivity contribution is 5.72. The first-order valence-electron chi connectivity index (χ1n) is 6.01. The van der Waals surface area contributed by atoms with Crippen molar-refractivity contribution in [3.8, 4) is 0 Å². The molecule has 0 aliphatic rings. The van der Waals surface area contributed by atoms with Crippen LogP contribution in [0.3, 0.4) is 0 Å². The van der Waals surface area contributed by atoms with E-state index in [1.54, 1.807) is 6.92 Å². The largest absolute Gasteiger partial charge is 0.356 e. The molecule has 0 radical (unpaired) electrons. The highest BCUT2D eigenvalue weighted by Gasteiger charge is 1.91. The monoisotopic (exact) mass is 201 g/mol. The van der Waals surface area contributed by atoms with E-state index in [0.29, 0.717) is 0 Å². The second-order valence-corrected chi connectivity index (χ2v) is 3.25. The van der Waals surface area contributed by atoms with Gasteiger partial charge in [-0.2, -0.15) is 0 Å². The van der Waals surface area contributed by atoms with Crippen molar-refractivity contribution in [3.05, 3.63) is 0 Å². The van der Waals surface area contributed by atoms with E-state index in [1.807, 2.05) is 13.8 Å². The molecule has 2 heteroatoms. The van der Waals surface area contributed by atoms with E-state index in [0.717, 1.165) is 13.0 Å². The van der Waals surface area contributed by atoms with Crippen LogP contribution in [0.4, 0.5) is 0 Å². The van der Waals surface area contributed by atoms with Gasteiger partial charge in [-0.25, -0.2) is 0 Å². The molecule has 2 nitrogen and oxygen atoms in total. The van der Waals surface area contributed by atoms with E-state index in [1.165, 1.54) is 32.1 Å². The highest BCUT2D eigenvalue weighted by Crippen LogP contribution is 2.03. The molecule has 86 valence electrons. The third-order valence-electron chi connectivity index (χ3n) is 1.90. The van der Waals surface area contributed by atoms with E-state index in [-0.39, 0.29) is 5.91 Å². The molecule has 0 bridgehead atoms. The average molecular weight is 201 g/mol. The van der Waals surface area contributed by atoms with Gasteiger partial charge in [-0.05, 0) is 6.42 Å². The normalized spacial score (nSPS) is 8.86. The number of hydrogen-bond acceptors (Lipinski definition) is 1.